The molecule has 176 valence electrons. The maximum absolute atomic E-state index is 12.9. The Labute approximate surface area is 212 Å². The second-order valence-corrected chi connectivity index (χ2v) is 9.88. The summed E-state index contributed by atoms with van der Waals surface area (Å²) in [5, 5.41) is 6.56. The van der Waals surface area contributed by atoms with Crippen LogP contribution in [-0.4, -0.2) is 30.1 Å². The molecular formula is C25H21Cl3N2O4. The molecule has 0 spiro atoms. The number of hydrogen-bond donors (Lipinski definition) is 0. The van der Waals surface area contributed by atoms with Gasteiger partial charge < -0.3 is 9.47 Å². The maximum atomic E-state index is 12.9. The lowest BCUT2D eigenvalue weighted by Crippen LogP contribution is -2.38. The fourth-order valence-corrected chi connectivity index (χ4v) is 5.78. The number of rotatable bonds is 6. The molecule has 3 aliphatic carbocycles. The van der Waals surface area contributed by atoms with Gasteiger partial charge in [0.1, 0.15) is 6.61 Å². The Bertz CT molecular complexity index is 1200. The summed E-state index contributed by atoms with van der Waals surface area (Å²) in [6.07, 6.45) is 7.47. The van der Waals surface area contributed by atoms with Gasteiger partial charge >= 0.3 is 0 Å². The van der Waals surface area contributed by atoms with Gasteiger partial charge in [0, 0.05) is 15.6 Å². The normalized spacial score (nSPS) is 25.4. The molecule has 0 N–H and O–H groups in total. The summed E-state index contributed by atoms with van der Waals surface area (Å²) in [7, 11) is 1.50. The Hall–Kier alpha value is -2.54. The number of hydrazone groups is 1. The van der Waals surface area contributed by atoms with E-state index in [1.807, 2.05) is 0 Å². The number of benzene rings is 2. The summed E-state index contributed by atoms with van der Waals surface area (Å²) in [6, 6.07) is 8.45. The highest BCUT2D eigenvalue weighted by Crippen LogP contribution is 2.49. The van der Waals surface area contributed by atoms with Crippen LogP contribution in [0.25, 0.3) is 0 Å². The summed E-state index contributed by atoms with van der Waals surface area (Å²) in [4.78, 5) is 25.9. The van der Waals surface area contributed by atoms with E-state index >= 15 is 0 Å². The van der Waals surface area contributed by atoms with Crippen LogP contribution in [0.2, 0.25) is 15.1 Å². The van der Waals surface area contributed by atoms with Crippen LogP contribution in [0, 0.1) is 23.7 Å². The molecule has 9 heteroatoms. The molecule has 1 saturated carbocycles. The molecule has 0 unspecified atom stereocenters. The number of fused-ring (bicyclic) bond motifs is 1. The lowest BCUT2D eigenvalue weighted by Gasteiger charge is -2.37. The number of ether oxygens (including phenoxy) is 2. The van der Waals surface area contributed by atoms with Gasteiger partial charge in [0.25, 0.3) is 11.8 Å². The molecule has 1 saturated heterocycles. The van der Waals surface area contributed by atoms with Gasteiger partial charge in [-0.3, -0.25) is 9.59 Å². The zero-order chi connectivity index (χ0) is 24.0. The zero-order valence-electron chi connectivity index (χ0n) is 18.2. The topological polar surface area (TPSA) is 68.2 Å². The Morgan fingerprint density at radius 1 is 1.00 bits per heavy atom. The molecule has 4 atom stereocenters. The smallest absolute Gasteiger partial charge is 0.254 e. The average Bonchev–Trinajstić information content (AvgIpc) is 3.10. The van der Waals surface area contributed by atoms with Crippen molar-refractivity contribution in [3.05, 3.63) is 68.7 Å². The number of imide groups is 1. The van der Waals surface area contributed by atoms with Crippen molar-refractivity contribution in [2.45, 2.75) is 19.4 Å². The van der Waals surface area contributed by atoms with Crippen LogP contribution < -0.4 is 9.47 Å². The minimum Gasteiger partial charge on any atom is -0.493 e. The molecular weight excluding hydrogens is 499 g/mol. The summed E-state index contributed by atoms with van der Waals surface area (Å²) >= 11 is 18.6. The average molecular weight is 520 g/mol. The lowest BCUT2D eigenvalue weighted by atomic mass is 9.63. The molecule has 4 aliphatic rings. The molecule has 2 aromatic carbocycles. The first kappa shape index (κ1) is 23.2. The van der Waals surface area contributed by atoms with Crippen molar-refractivity contribution < 1.29 is 19.1 Å². The third kappa shape index (κ3) is 4.08. The largest absolute Gasteiger partial charge is 0.493 e. The molecule has 0 aromatic heterocycles. The number of methoxy groups -OCH3 is 1. The Morgan fingerprint density at radius 2 is 1.68 bits per heavy atom. The van der Waals surface area contributed by atoms with Gasteiger partial charge in [-0.1, -0.05) is 53.0 Å². The Balaban J connectivity index is 1.34. The van der Waals surface area contributed by atoms with Crippen molar-refractivity contribution in [2.24, 2.45) is 28.8 Å². The van der Waals surface area contributed by atoms with Crippen molar-refractivity contribution in [1.29, 1.82) is 0 Å². The van der Waals surface area contributed by atoms with Crippen LogP contribution in [0.1, 0.15) is 24.0 Å². The second kappa shape index (κ2) is 9.25. The molecule has 2 aromatic rings. The second-order valence-electron chi connectivity index (χ2n) is 8.63. The summed E-state index contributed by atoms with van der Waals surface area (Å²) in [5.41, 5.74) is 1.31. The number of nitrogens with zero attached hydrogens (tertiary/aromatic N) is 2. The summed E-state index contributed by atoms with van der Waals surface area (Å²) in [6.45, 7) is 0.162. The van der Waals surface area contributed by atoms with Crippen LogP contribution >= 0.6 is 34.8 Å². The minimum absolute atomic E-state index is 0.117. The van der Waals surface area contributed by atoms with Crippen molar-refractivity contribution in [1.82, 2.24) is 5.01 Å². The minimum atomic E-state index is -0.304. The number of amides is 2. The van der Waals surface area contributed by atoms with Gasteiger partial charge in [-0.25, -0.2) is 0 Å². The van der Waals surface area contributed by atoms with Gasteiger partial charge in [0.15, 0.2) is 11.5 Å². The predicted octanol–water partition coefficient (Wildman–Crippen LogP) is 5.77. The molecule has 6 nitrogen and oxygen atoms in total. The maximum Gasteiger partial charge on any atom is 0.254 e. The third-order valence-electron chi connectivity index (χ3n) is 6.70. The molecule has 2 amide bonds. The number of carbonyl (C=O) groups excluding carboxylic acids is 2. The first-order chi connectivity index (χ1) is 16.4. The molecule has 2 bridgehead atoms. The highest BCUT2D eigenvalue weighted by molar-refractivity contribution is 6.35. The van der Waals surface area contributed by atoms with Crippen molar-refractivity contribution in [2.75, 3.05) is 7.11 Å². The molecule has 1 heterocycles. The van der Waals surface area contributed by atoms with E-state index in [9.17, 15) is 9.59 Å². The van der Waals surface area contributed by atoms with E-state index < -0.39 is 0 Å². The fourth-order valence-electron chi connectivity index (χ4n) is 5.04. The van der Waals surface area contributed by atoms with Gasteiger partial charge in [0.2, 0.25) is 0 Å². The van der Waals surface area contributed by atoms with Crippen molar-refractivity contribution in [3.8, 4) is 11.5 Å². The van der Waals surface area contributed by atoms with Crippen LogP contribution in [0.4, 0.5) is 0 Å². The molecule has 0 radical (unpaired) electrons. The van der Waals surface area contributed by atoms with Gasteiger partial charge in [-0.15, -0.1) is 0 Å². The summed E-state index contributed by atoms with van der Waals surface area (Å²) < 4.78 is 11.3. The predicted molar refractivity (Wildman–Crippen MR) is 131 cm³/mol. The van der Waals surface area contributed by atoms with E-state index in [1.165, 1.54) is 13.3 Å². The van der Waals surface area contributed by atoms with Gasteiger partial charge in [-0.05, 0) is 54.5 Å². The van der Waals surface area contributed by atoms with Gasteiger partial charge in [0.05, 0.1) is 30.2 Å². The van der Waals surface area contributed by atoms with Crippen LogP contribution in [0.15, 0.2) is 47.6 Å². The van der Waals surface area contributed by atoms with Crippen LogP contribution in [-0.2, 0) is 16.2 Å². The van der Waals surface area contributed by atoms with E-state index in [2.05, 4.69) is 17.3 Å². The Morgan fingerprint density at radius 3 is 2.26 bits per heavy atom. The third-order valence-corrected chi connectivity index (χ3v) is 7.56. The van der Waals surface area contributed by atoms with E-state index in [-0.39, 0.29) is 42.1 Å². The van der Waals surface area contributed by atoms with Crippen LogP contribution in [0.5, 0.6) is 11.5 Å². The number of halogens is 3. The van der Waals surface area contributed by atoms with E-state index in [0.29, 0.717) is 32.1 Å². The number of allylic oxidation sites excluding steroid dienone is 2. The van der Waals surface area contributed by atoms with E-state index in [4.69, 9.17) is 44.3 Å². The van der Waals surface area contributed by atoms with E-state index in [0.717, 1.165) is 23.4 Å². The molecule has 34 heavy (non-hydrogen) atoms. The van der Waals surface area contributed by atoms with E-state index in [1.54, 1.807) is 30.3 Å². The van der Waals surface area contributed by atoms with Crippen LogP contribution in [0.3, 0.4) is 0 Å². The van der Waals surface area contributed by atoms with Crippen molar-refractivity contribution >= 4 is 52.8 Å². The zero-order valence-corrected chi connectivity index (χ0v) is 20.5. The standard InChI is InChI=1S/C25H21Cl3N2O4/c1-33-20-9-13(8-19(28)23(20)34-12-16-6-7-17(26)10-18(16)27)11-29-30-24(31)21-14-2-3-15(5-4-14)22(21)25(30)32/h2-3,6-11,14-15,21-22H,4-5,12H2,1H3/b29-11-/t14-,15-,21+,22+/m0/s1. The van der Waals surface area contributed by atoms with Gasteiger partial charge in [-0.2, -0.15) is 10.1 Å². The molecule has 2 fully saturated rings. The first-order valence-corrected chi connectivity index (χ1v) is 12.0. The summed E-state index contributed by atoms with van der Waals surface area (Å²) in [5.74, 6) is -0.114. The first-order valence-electron chi connectivity index (χ1n) is 10.9. The Kier molecular flexibility index (Phi) is 6.32. The number of hydrogen-bond acceptors (Lipinski definition) is 5. The lowest BCUT2D eigenvalue weighted by molar-refractivity contribution is -0.140. The SMILES string of the molecule is COc1cc(/C=N\N2C(=O)[C@H]3[C@H](C2=O)[C@H]2C=C[C@H]3CC2)cc(Cl)c1OCc1ccc(Cl)cc1Cl. The molecule has 6 rings (SSSR count). The monoisotopic (exact) mass is 518 g/mol. The highest BCUT2D eigenvalue weighted by atomic mass is 35.5. The quantitative estimate of drug-likeness (QED) is 0.276. The molecule has 1 aliphatic heterocycles. The van der Waals surface area contributed by atoms with Crippen molar-refractivity contribution in [3.63, 3.8) is 0 Å². The number of carbonyl (C=O) groups is 2. The highest BCUT2D eigenvalue weighted by Gasteiger charge is 2.56. The fraction of sp³-hybridized carbons (Fsp3) is 0.320.